The van der Waals surface area contributed by atoms with E-state index in [4.69, 9.17) is 4.12 Å². The third-order valence-corrected chi connectivity index (χ3v) is 18.5. The van der Waals surface area contributed by atoms with Gasteiger partial charge in [0.2, 0.25) is 0 Å². The molecular weight excluding hydrogens is 800 g/mol. The molecule has 4 aromatic rings. The zero-order valence-electron chi connectivity index (χ0n) is 27.7. The van der Waals surface area contributed by atoms with Crippen LogP contribution in [0.3, 0.4) is 0 Å². The number of unbranched alkanes of at least 4 members (excludes halogenated alkanes) is 1. The average Bonchev–Trinajstić information content (AvgIpc) is 3.06. The van der Waals surface area contributed by atoms with Gasteiger partial charge in [0, 0.05) is 33.6 Å². The molecule has 4 aromatic carbocycles. The van der Waals surface area contributed by atoms with Gasteiger partial charge in [-0.2, -0.15) is 0 Å². The first-order valence-corrected chi connectivity index (χ1v) is 24.7. The van der Waals surface area contributed by atoms with Crippen LogP contribution >= 0.6 is 15.8 Å². The van der Waals surface area contributed by atoms with Crippen LogP contribution < -0.4 is 21.2 Å². The molecule has 0 aliphatic rings. The summed E-state index contributed by atoms with van der Waals surface area (Å²) in [6.45, 7) is 19.6. The number of nitrogens with zero attached hydrogens (tertiary/aromatic N) is 1. The molecule has 0 atom stereocenters. The predicted molar refractivity (Wildman–Crippen MR) is 206 cm³/mol. The van der Waals surface area contributed by atoms with E-state index < -0.39 is 32.5 Å². The molecule has 0 amide bonds. The topological polar surface area (TPSA) is 12.5 Å². The molecule has 0 heterocycles. The van der Waals surface area contributed by atoms with Crippen molar-refractivity contribution in [2.75, 3.05) is 19.1 Å². The molecular formula is C38H51NOP2PtSi2. The third kappa shape index (κ3) is 13.9. The van der Waals surface area contributed by atoms with Crippen LogP contribution in [0, 0.1) is 0 Å². The fraction of sp³-hybridized carbons (Fsp3) is 0.263. The standard InChI is InChI=1S/C30H33NP2.C8H18OSi2.Pt/c1-2-3-24-31(25-32(27-16-8-4-9-17-27)28-18-10-5-11-19-28)26-33(29-20-12-6-13-21-29)30-22-14-7-15-23-30;1-7-10(3,4)9-11(5,6)8-2;/h4-23H,2-3,24-26H2,1H3;7-8H,1-2H2,3-6H3;. The molecule has 0 N–H and O–H groups in total. The van der Waals surface area contributed by atoms with Gasteiger partial charge in [-0.1, -0.05) is 146 Å². The van der Waals surface area contributed by atoms with E-state index in [0.29, 0.717) is 0 Å². The molecule has 0 radical (unpaired) electrons. The summed E-state index contributed by atoms with van der Waals surface area (Å²) < 4.78 is 5.97. The SMILES string of the molecule is C=C[Si](C)(C)O[Si](C)(C)C=C.CCCCN(CP(c1ccccc1)c1ccccc1)CP(c1ccccc1)c1ccccc1.[Pt]. The Labute approximate surface area is 293 Å². The molecule has 4 rings (SSSR count). The van der Waals surface area contributed by atoms with Gasteiger partial charge in [-0.05, 0) is 76.2 Å². The van der Waals surface area contributed by atoms with Crippen molar-refractivity contribution < 1.29 is 25.2 Å². The summed E-state index contributed by atoms with van der Waals surface area (Å²) in [5.41, 5.74) is 3.93. The van der Waals surface area contributed by atoms with E-state index in [1.807, 2.05) is 11.4 Å². The van der Waals surface area contributed by atoms with Crippen molar-refractivity contribution in [3.8, 4) is 0 Å². The fourth-order valence-corrected chi connectivity index (χ4v) is 15.7. The molecule has 2 nitrogen and oxygen atoms in total. The van der Waals surface area contributed by atoms with Crippen LogP contribution in [0.5, 0.6) is 0 Å². The smallest absolute Gasteiger partial charge is 0.198 e. The maximum Gasteiger partial charge on any atom is 0.198 e. The van der Waals surface area contributed by atoms with Gasteiger partial charge in [0.25, 0.3) is 0 Å². The summed E-state index contributed by atoms with van der Waals surface area (Å²) in [5, 5.41) is 5.85. The first-order valence-electron chi connectivity index (χ1n) is 15.6. The minimum absolute atomic E-state index is 0. The molecule has 0 unspecified atom stereocenters. The average molecular weight is 851 g/mol. The molecule has 0 spiro atoms. The molecule has 0 fully saturated rings. The quantitative estimate of drug-likeness (QED) is 0.0875. The molecule has 0 saturated carbocycles. The van der Waals surface area contributed by atoms with Gasteiger partial charge in [-0.15, -0.1) is 13.2 Å². The van der Waals surface area contributed by atoms with Gasteiger partial charge in [-0.3, -0.25) is 4.90 Å². The minimum Gasteiger partial charge on any atom is -0.449 e. The number of hydrogen-bond donors (Lipinski definition) is 0. The van der Waals surface area contributed by atoms with E-state index >= 15 is 0 Å². The Bertz CT molecular complexity index is 1190. The van der Waals surface area contributed by atoms with Crippen molar-refractivity contribution in [2.45, 2.75) is 46.0 Å². The Morgan fingerprint density at radius 1 is 0.578 bits per heavy atom. The van der Waals surface area contributed by atoms with E-state index in [1.54, 1.807) is 0 Å². The van der Waals surface area contributed by atoms with Crippen LogP contribution in [0.4, 0.5) is 0 Å². The van der Waals surface area contributed by atoms with Crippen LogP contribution in [0.15, 0.2) is 146 Å². The van der Waals surface area contributed by atoms with Crippen molar-refractivity contribution >= 4 is 53.7 Å². The van der Waals surface area contributed by atoms with Gasteiger partial charge in [0.05, 0.1) is 0 Å². The number of rotatable bonds is 15. The summed E-state index contributed by atoms with van der Waals surface area (Å²) >= 11 is 0. The van der Waals surface area contributed by atoms with Gasteiger partial charge < -0.3 is 4.12 Å². The van der Waals surface area contributed by atoms with Crippen LogP contribution in [0.2, 0.25) is 26.2 Å². The normalized spacial score (nSPS) is 11.5. The summed E-state index contributed by atoms with van der Waals surface area (Å²) in [6, 6.07) is 44.5. The second-order valence-corrected chi connectivity index (χ2v) is 24.3. The maximum absolute atomic E-state index is 5.97. The van der Waals surface area contributed by atoms with Crippen LogP contribution in [0.1, 0.15) is 19.8 Å². The molecule has 0 aromatic heterocycles. The third-order valence-electron chi connectivity index (χ3n) is 7.29. The Hall–Kier alpha value is -1.74. The zero-order chi connectivity index (χ0) is 31.8. The first-order chi connectivity index (χ1) is 21.2. The molecule has 0 saturated heterocycles. The van der Waals surface area contributed by atoms with Crippen LogP contribution in [0.25, 0.3) is 0 Å². The Morgan fingerprint density at radius 3 is 1.11 bits per heavy atom. The number of hydrogen-bond acceptors (Lipinski definition) is 2. The van der Waals surface area contributed by atoms with Crippen molar-refractivity contribution in [3.63, 3.8) is 0 Å². The summed E-state index contributed by atoms with van der Waals surface area (Å²) in [7, 11) is -4.04. The van der Waals surface area contributed by atoms with Gasteiger partial charge >= 0.3 is 0 Å². The predicted octanol–water partition coefficient (Wildman–Crippen LogP) is 9.13. The van der Waals surface area contributed by atoms with Crippen molar-refractivity contribution in [3.05, 3.63) is 146 Å². The molecule has 7 heteroatoms. The Kier molecular flexibility index (Phi) is 18.0. The molecule has 242 valence electrons. The van der Waals surface area contributed by atoms with E-state index in [9.17, 15) is 0 Å². The van der Waals surface area contributed by atoms with E-state index in [2.05, 4.69) is 172 Å². The van der Waals surface area contributed by atoms with Crippen LogP contribution in [-0.4, -0.2) is 40.7 Å². The van der Waals surface area contributed by atoms with Gasteiger partial charge in [-0.25, -0.2) is 0 Å². The molecule has 0 bridgehead atoms. The van der Waals surface area contributed by atoms with Gasteiger partial charge in [0.1, 0.15) is 0 Å². The second kappa shape index (κ2) is 20.5. The monoisotopic (exact) mass is 850 g/mol. The number of benzene rings is 4. The Morgan fingerprint density at radius 2 is 0.867 bits per heavy atom. The largest absolute Gasteiger partial charge is 0.449 e. The maximum atomic E-state index is 5.97. The first kappa shape index (κ1) is 39.4. The van der Waals surface area contributed by atoms with Crippen molar-refractivity contribution in [1.82, 2.24) is 4.90 Å². The van der Waals surface area contributed by atoms with Crippen molar-refractivity contribution in [1.29, 1.82) is 0 Å². The minimum atomic E-state index is -1.58. The van der Waals surface area contributed by atoms with E-state index in [1.165, 1.54) is 34.1 Å². The zero-order valence-corrected chi connectivity index (χ0v) is 33.8. The molecule has 0 aliphatic heterocycles. The second-order valence-electron chi connectivity index (χ2n) is 11.9. The summed E-state index contributed by atoms with van der Waals surface area (Å²) in [5.74, 6) is 0. The molecule has 0 aliphatic carbocycles. The molecule has 45 heavy (non-hydrogen) atoms. The van der Waals surface area contributed by atoms with Crippen molar-refractivity contribution in [2.24, 2.45) is 0 Å². The summed E-state index contributed by atoms with van der Waals surface area (Å²) in [6.07, 6.45) is 4.66. The van der Waals surface area contributed by atoms with Crippen LogP contribution in [-0.2, 0) is 25.2 Å². The summed E-state index contributed by atoms with van der Waals surface area (Å²) in [4.78, 5) is 2.75. The fourth-order valence-electron chi connectivity index (χ4n) is 4.79. The van der Waals surface area contributed by atoms with Gasteiger partial charge in [0.15, 0.2) is 16.6 Å². The van der Waals surface area contributed by atoms with E-state index in [-0.39, 0.29) is 21.1 Å². The van der Waals surface area contributed by atoms with E-state index in [0.717, 1.165) is 19.1 Å². The Balaban J connectivity index is 0.000000505.